The molecule has 0 radical (unpaired) electrons. The van der Waals surface area contributed by atoms with Gasteiger partial charge in [-0.3, -0.25) is 10.1 Å². The van der Waals surface area contributed by atoms with Gasteiger partial charge in [0.15, 0.2) is 0 Å². The van der Waals surface area contributed by atoms with Crippen LogP contribution in [0.1, 0.15) is 25.0 Å². The van der Waals surface area contributed by atoms with Gasteiger partial charge in [0.2, 0.25) is 5.91 Å². The van der Waals surface area contributed by atoms with Crippen LogP contribution in [0, 0.1) is 12.7 Å². The van der Waals surface area contributed by atoms with Crippen LogP contribution in [0.4, 0.5) is 4.39 Å². The Bertz CT molecular complexity index is 402. The number of primary amides is 1. The Morgan fingerprint density at radius 2 is 2.12 bits per heavy atom. The molecule has 0 saturated carbocycles. The van der Waals surface area contributed by atoms with Crippen LogP contribution in [0.2, 0.25) is 0 Å². The van der Waals surface area contributed by atoms with Gasteiger partial charge in [-0.25, -0.2) is 4.39 Å². The van der Waals surface area contributed by atoms with E-state index in [2.05, 4.69) is 5.32 Å². The van der Waals surface area contributed by atoms with Crippen LogP contribution in [0.5, 0.6) is 0 Å². The smallest absolute Gasteiger partial charge is 0.237 e. The van der Waals surface area contributed by atoms with E-state index in [1.54, 1.807) is 26.8 Å². The molecular weight excluding hydrogens is 207 g/mol. The average Bonchev–Trinajstić information content (AvgIpc) is 2.20. The molecule has 0 aliphatic heterocycles. The third-order valence-corrected chi connectivity index (χ3v) is 2.59. The molecule has 3 nitrogen and oxygen atoms in total. The minimum absolute atomic E-state index is 0.240. The summed E-state index contributed by atoms with van der Waals surface area (Å²) in [6.07, 6.45) is 0. The average molecular weight is 224 g/mol. The van der Waals surface area contributed by atoms with Crippen molar-refractivity contribution in [3.8, 4) is 0 Å². The van der Waals surface area contributed by atoms with Gasteiger partial charge >= 0.3 is 0 Å². The molecule has 0 bridgehead atoms. The second kappa shape index (κ2) is 4.61. The quantitative estimate of drug-likeness (QED) is 0.814. The first-order valence-electron chi connectivity index (χ1n) is 5.13. The highest BCUT2D eigenvalue weighted by molar-refractivity contribution is 5.83. The van der Waals surface area contributed by atoms with Crippen LogP contribution < -0.4 is 11.1 Å². The fourth-order valence-corrected chi connectivity index (χ4v) is 1.16. The largest absolute Gasteiger partial charge is 0.368 e. The molecule has 88 valence electrons. The number of benzene rings is 1. The van der Waals surface area contributed by atoms with E-state index in [1.165, 1.54) is 6.07 Å². The first-order chi connectivity index (χ1) is 7.33. The van der Waals surface area contributed by atoms with Gasteiger partial charge in [-0.05, 0) is 38.0 Å². The molecule has 1 rings (SSSR count). The molecule has 0 saturated heterocycles. The minimum Gasteiger partial charge on any atom is -0.368 e. The van der Waals surface area contributed by atoms with Crippen LogP contribution in [-0.2, 0) is 11.3 Å². The van der Waals surface area contributed by atoms with Gasteiger partial charge in [0, 0.05) is 6.54 Å². The summed E-state index contributed by atoms with van der Waals surface area (Å²) in [5, 5.41) is 2.98. The summed E-state index contributed by atoms with van der Waals surface area (Å²) in [7, 11) is 0. The third kappa shape index (κ3) is 3.03. The van der Waals surface area contributed by atoms with Crippen molar-refractivity contribution in [3.63, 3.8) is 0 Å². The Kier molecular flexibility index (Phi) is 3.65. The third-order valence-electron chi connectivity index (χ3n) is 2.59. The van der Waals surface area contributed by atoms with E-state index in [9.17, 15) is 9.18 Å². The number of carbonyl (C=O) groups excluding carboxylic acids is 1. The van der Waals surface area contributed by atoms with Gasteiger partial charge < -0.3 is 5.73 Å². The molecule has 1 amide bonds. The maximum absolute atomic E-state index is 13.2. The number of nitrogens with one attached hydrogen (secondary N) is 1. The Hall–Kier alpha value is -1.42. The Morgan fingerprint density at radius 3 is 2.62 bits per heavy atom. The Morgan fingerprint density at radius 1 is 1.50 bits per heavy atom. The van der Waals surface area contributed by atoms with E-state index < -0.39 is 11.4 Å². The van der Waals surface area contributed by atoms with Crippen molar-refractivity contribution in [1.29, 1.82) is 0 Å². The molecule has 16 heavy (non-hydrogen) atoms. The summed E-state index contributed by atoms with van der Waals surface area (Å²) in [4.78, 5) is 11.0. The topological polar surface area (TPSA) is 55.1 Å². The Labute approximate surface area is 94.8 Å². The zero-order chi connectivity index (χ0) is 12.3. The van der Waals surface area contributed by atoms with E-state index in [0.29, 0.717) is 12.1 Å². The maximum atomic E-state index is 13.2. The molecule has 1 aromatic carbocycles. The lowest BCUT2D eigenvalue weighted by atomic mass is 10.0. The number of hydrogen-bond donors (Lipinski definition) is 2. The summed E-state index contributed by atoms with van der Waals surface area (Å²) in [5.41, 5.74) is 5.82. The van der Waals surface area contributed by atoms with Crippen LogP contribution in [0.25, 0.3) is 0 Å². The lowest BCUT2D eigenvalue weighted by Gasteiger charge is -2.22. The SMILES string of the molecule is Cc1ccc(CNC(C)(C)C(N)=O)cc1F. The van der Waals surface area contributed by atoms with E-state index in [-0.39, 0.29) is 5.82 Å². The summed E-state index contributed by atoms with van der Waals surface area (Å²) >= 11 is 0. The lowest BCUT2D eigenvalue weighted by molar-refractivity contribution is -0.123. The van der Waals surface area contributed by atoms with Gasteiger partial charge in [0.25, 0.3) is 0 Å². The number of amides is 1. The highest BCUT2D eigenvalue weighted by Gasteiger charge is 2.23. The zero-order valence-corrected chi connectivity index (χ0v) is 9.80. The van der Waals surface area contributed by atoms with Gasteiger partial charge in [0.05, 0.1) is 5.54 Å². The fraction of sp³-hybridized carbons (Fsp3) is 0.417. The predicted molar refractivity (Wildman–Crippen MR) is 61.3 cm³/mol. The van der Waals surface area contributed by atoms with Crippen LogP contribution in [0.3, 0.4) is 0 Å². The molecule has 1 aromatic rings. The highest BCUT2D eigenvalue weighted by atomic mass is 19.1. The highest BCUT2D eigenvalue weighted by Crippen LogP contribution is 2.10. The summed E-state index contributed by atoms with van der Waals surface area (Å²) in [5.74, 6) is -0.670. The molecule has 0 aliphatic rings. The van der Waals surface area contributed by atoms with Crippen LogP contribution in [0.15, 0.2) is 18.2 Å². The van der Waals surface area contributed by atoms with E-state index >= 15 is 0 Å². The van der Waals surface area contributed by atoms with Crippen molar-refractivity contribution in [3.05, 3.63) is 35.1 Å². The van der Waals surface area contributed by atoms with Crippen molar-refractivity contribution in [2.45, 2.75) is 32.9 Å². The summed E-state index contributed by atoms with van der Waals surface area (Å²) in [6.45, 7) is 5.51. The molecule has 0 aliphatic carbocycles. The molecule has 4 heteroatoms. The second-order valence-electron chi connectivity index (χ2n) is 4.43. The fourth-order valence-electron chi connectivity index (χ4n) is 1.16. The van der Waals surface area contributed by atoms with Gasteiger partial charge in [0.1, 0.15) is 5.82 Å². The molecule has 0 spiro atoms. The maximum Gasteiger partial charge on any atom is 0.237 e. The normalized spacial score (nSPS) is 11.5. The molecule has 0 atom stereocenters. The first-order valence-corrected chi connectivity index (χ1v) is 5.13. The number of halogens is 1. The second-order valence-corrected chi connectivity index (χ2v) is 4.43. The van der Waals surface area contributed by atoms with Crippen molar-refractivity contribution in [2.24, 2.45) is 5.73 Å². The summed E-state index contributed by atoms with van der Waals surface area (Å²) < 4.78 is 13.2. The monoisotopic (exact) mass is 224 g/mol. The molecule has 0 heterocycles. The minimum atomic E-state index is -0.790. The lowest BCUT2D eigenvalue weighted by Crippen LogP contribution is -2.50. The van der Waals surface area contributed by atoms with E-state index in [1.807, 2.05) is 6.07 Å². The first kappa shape index (κ1) is 12.6. The standard InChI is InChI=1S/C12H17FN2O/c1-8-4-5-9(6-10(8)13)7-15-12(2,3)11(14)16/h4-6,15H,7H2,1-3H3,(H2,14,16). The molecular formula is C12H17FN2O. The summed E-state index contributed by atoms with van der Waals surface area (Å²) in [6, 6.07) is 4.99. The van der Waals surface area contributed by atoms with Crippen molar-refractivity contribution in [1.82, 2.24) is 5.32 Å². The van der Waals surface area contributed by atoms with Crippen molar-refractivity contribution in [2.75, 3.05) is 0 Å². The van der Waals surface area contributed by atoms with E-state index in [0.717, 1.165) is 5.56 Å². The van der Waals surface area contributed by atoms with Crippen molar-refractivity contribution < 1.29 is 9.18 Å². The van der Waals surface area contributed by atoms with Gasteiger partial charge in [-0.1, -0.05) is 12.1 Å². The number of rotatable bonds is 4. The number of nitrogens with two attached hydrogens (primary N) is 1. The molecule has 0 unspecified atom stereocenters. The molecule has 0 aromatic heterocycles. The van der Waals surface area contributed by atoms with Crippen LogP contribution in [-0.4, -0.2) is 11.4 Å². The van der Waals surface area contributed by atoms with Gasteiger partial charge in [-0.2, -0.15) is 0 Å². The molecule has 0 fully saturated rings. The molecule has 3 N–H and O–H groups in total. The number of hydrogen-bond acceptors (Lipinski definition) is 2. The number of aryl methyl sites for hydroxylation is 1. The predicted octanol–water partition coefficient (Wildman–Crippen LogP) is 1.49. The van der Waals surface area contributed by atoms with Gasteiger partial charge in [-0.15, -0.1) is 0 Å². The van der Waals surface area contributed by atoms with Crippen molar-refractivity contribution >= 4 is 5.91 Å². The zero-order valence-electron chi connectivity index (χ0n) is 9.80. The van der Waals surface area contributed by atoms with Crippen LogP contribution >= 0.6 is 0 Å². The Balaban J connectivity index is 2.68. The van der Waals surface area contributed by atoms with E-state index in [4.69, 9.17) is 5.73 Å². The number of carbonyl (C=O) groups is 1.